The van der Waals surface area contributed by atoms with Gasteiger partial charge >= 0.3 is 6.18 Å². The fraction of sp³-hybridized carbons (Fsp3) is 0.250. The van der Waals surface area contributed by atoms with Crippen molar-refractivity contribution in [2.45, 2.75) is 6.18 Å². The van der Waals surface area contributed by atoms with E-state index in [1.54, 1.807) is 23.5 Å². The molecule has 0 aromatic heterocycles. The van der Waals surface area contributed by atoms with E-state index in [-0.39, 0.29) is 12.1 Å². The van der Waals surface area contributed by atoms with E-state index in [0.29, 0.717) is 5.56 Å². The molecular formula is C12H11F3N2O. The molecule has 1 aromatic rings. The quantitative estimate of drug-likeness (QED) is 0.783. The number of benzene rings is 1. The number of hydrogen-bond acceptors (Lipinski definition) is 2. The highest BCUT2D eigenvalue weighted by Crippen LogP contribution is 2.13. The molecule has 0 saturated heterocycles. The number of nitrogens with one attached hydrogen (secondary N) is 1. The molecule has 1 aromatic carbocycles. The summed E-state index contributed by atoms with van der Waals surface area (Å²) in [5.74, 6) is 4.37. The topological polar surface area (TPSA) is 55.1 Å². The van der Waals surface area contributed by atoms with Crippen LogP contribution in [-0.2, 0) is 0 Å². The number of nitrogens with two attached hydrogens (primary N) is 1. The molecule has 6 heteroatoms. The lowest BCUT2D eigenvalue weighted by molar-refractivity contribution is -0.123. The van der Waals surface area contributed by atoms with Crippen molar-refractivity contribution in [3.8, 4) is 11.8 Å². The molecule has 1 amide bonds. The van der Waals surface area contributed by atoms with Crippen LogP contribution in [0.2, 0.25) is 0 Å². The largest absolute Gasteiger partial charge is 0.405 e. The highest BCUT2D eigenvalue weighted by atomic mass is 19.4. The first-order chi connectivity index (χ1) is 8.44. The van der Waals surface area contributed by atoms with Gasteiger partial charge in [0.05, 0.1) is 12.1 Å². The van der Waals surface area contributed by atoms with E-state index in [0.717, 1.165) is 0 Å². The third-order valence-electron chi connectivity index (χ3n) is 1.95. The molecule has 3 nitrogen and oxygen atoms in total. The zero-order chi connectivity index (χ0) is 13.6. The van der Waals surface area contributed by atoms with Crippen LogP contribution in [0.1, 0.15) is 15.9 Å². The Hall–Kier alpha value is -2.00. The highest BCUT2D eigenvalue weighted by molar-refractivity contribution is 5.96. The third kappa shape index (κ3) is 4.47. The number of halogens is 3. The van der Waals surface area contributed by atoms with Crippen LogP contribution >= 0.6 is 0 Å². The zero-order valence-electron chi connectivity index (χ0n) is 9.34. The number of rotatable bonds is 2. The summed E-state index contributed by atoms with van der Waals surface area (Å²) in [5, 5.41) is 1.79. The van der Waals surface area contributed by atoms with Crippen molar-refractivity contribution in [2.75, 3.05) is 13.1 Å². The van der Waals surface area contributed by atoms with Crippen LogP contribution in [0.3, 0.4) is 0 Å². The Morgan fingerprint density at radius 3 is 2.61 bits per heavy atom. The molecular weight excluding hydrogens is 245 g/mol. The van der Waals surface area contributed by atoms with E-state index in [1.807, 2.05) is 0 Å². The van der Waals surface area contributed by atoms with Gasteiger partial charge in [0.15, 0.2) is 0 Å². The van der Waals surface area contributed by atoms with Crippen LogP contribution in [0.15, 0.2) is 24.3 Å². The summed E-state index contributed by atoms with van der Waals surface area (Å²) in [5.41, 5.74) is 5.64. The lowest BCUT2D eigenvalue weighted by atomic mass is 10.1. The van der Waals surface area contributed by atoms with Crippen molar-refractivity contribution in [1.29, 1.82) is 0 Å². The lowest BCUT2D eigenvalue weighted by Crippen LogP contribution is -2.34. The van der Waals surface area contributed by atoms with Gasteiger partial charge in [0.25, 0.3) is 5.91 Å². The molecule has 0 unspecified atom stereocenters. The first kappa shape index (κ1) is 14.1. The van der Waals surface area contributed by atoms with Crippen molar-refractivity contribution < 1.29 is 18.0 Å². The van der Waals surface area contributed by atoms with Crippen molar-refractivity contribution in [1.82, 2.24) is 5.32 Å². The number of amides is 1. The highest BCUT2D eigenvalue weighted by Gasteiger charge is 2.28. The van der Waals surface area contributed by atoms with E-state index in [2.05, 4.69) is 11.8 Å². The zero-order valence-corrected chi connectivity index (χ0v) is 9.34. The van der Waals surface area contributed by atoms with E-state index >= 15 is 0 Å². The van der Waals surface area contributed by atoms with Gasteiger partial charge in [0, 0.05) is 5.56 Å². The molecule has 0 bridgehead atoms. The van der Waals surface area contributed by atoms with Gasteiger partial charge in [0.1, 0.15) is 6.54 Å². The Balaban J connectivity index is 2.85. The fourth-order valence-corrected chi connectivity index (χ4v) is 1.21. The summed E-state index contributed by atoms with van der Waals surface area (Å²) in [7, 11) is 0. The van der Waals surface area contributed by atoms with E-state index in [1.165, 1.54) is 6.07 Å². The van der Waals surface area contributed by atoms with E-state index < -0.39 is 18.6 Å². The predicted molar refractivity (Wildman–Crippen MR) is 60.8 cm³/mol. The minimum Gasteiger partial charge on any atom is -0.343 e. The lowest BCUT2D eigenvalue weighted by Gasteiger charge is -2.09. The monoisotopic (exact) mass is 256 g/mol. The third-order valence-corrected chi connectivity index (χ3v) is 1.95. The summed E-state index contributed by atoms with van der Waals surface area (Å²) in [6.07, 6.45) is -4.44. The van der Waals surface area contributed by atoms with E-state index in [4.69, 9.17) is 5.73 Å². The van der Waals surface area contributed by atoms with Crippen LogP contribution < -0.4 is 11.1 Å². The Morgan fingerprint density at radius 2 is 2.00 bits per heavy atom. The van der Waals surface area contributed by atoms with Gasteiger partial charge in [-0.25, -0.2) is 0 Å². The molecule has 0 fully saturated rings. The first-order valence-corrected chi connectivity index (χ1v) is 5.07. The molecule has 0 aliphatic rings. The summed E-state index contributed by atoms with van der Waals surface area (Å²) in [6.45, 7) is -1.26. The van der Waals surface area contributed by atoms with Crippen molar-refractivity contribution in [3.63, 3.8) is 0 Å². The second kappa shape index (κ2) is 6.07. The Kier molecular flexibility index (Phi) is 4.75. The maximum Gasteiger partial charge on any atom is 0.405 e. The first-order valence-electron chi connectivity index (χ1n) is 5.07. The molecule has 0 aliphatic carbocycles. The Bertz CT molecular complexity index is 486. The summed E-state index contributed by atoms with van der Waals surface area (Å²) < 4.78 is 35.9. The van der Waals surface area contributed by atoms with Crippen LogP contribution in [0.5, 0.6) is 0 Å². The van der Waals surface area contributed by atoms with Gasteiger partial charge in [-0.2, -0.15) is 13.2 Å². The smallest absolute Gasteiger partial charge is 0.343 e. The summed E-state index contributed by atoms with van der Waals surface area (Å²) in [4.78, 5) is 11.6. The Morgan fingerprint density at radius 1 is 1.33 bits per heavy atom. The summed E-state index contributed by atoms with van der Waals surface area (Å²) in [6, 6.07) is 6.15. The minimum atomic E-state index is -4.44. The predicted octanol–water partition coefficient (Wildman–Crippen LogP) is 1.29. The van der Waals surface area contributed by atoms with Crippen LogP contribution in [0.25, 0.3) is 0 Å². The maximum atomic E-state index is 12.0. The van der Waals surface area contributed by atoms with Gasteiger partial charge in [-0.15, -0.1) is 0 Å². The number of carbonyl (C=O) groups is 1. The normalized spacial score (nSPS) is 10.4. The minimum absolute atomic E-state index is 0.0997. The van der Waals surface area contributed by atoms with Crippen LogP contribution in [0.4, 0.5) is 13.2 Å². The number of alkyl halides is 3. The standard InChI is InChI=1S/C12H11F3N2O/c13-12(14,15)8-17-11(18)10-6-2-1-4-9(10)5-3-7-16/h1-2,4,6H,7-8,16H2,(H,17,18). The SMILES string of the molecule is NCC#Cc1ccccc1C(=O)NCC(F)(F)F. The molecule has 18 heavy (non-hydrogen) atoms. The maximum absolute atomic E-state index is 12.0. The molecule has 0 saturated carbocycles. The molecule has 0 radical (unpaired) electrons. The van der Waals surface area contributed by atoms with Crippen LogP contribution in [-0.4, -0.2) is 25.2 Å². The van der Waals surface area contributed by atoms with Gasteiger partial charge in [-0.05, 0) is 12.1 Å². The van der Waals surface area contributed by atoms with Crippen molar-refractivity contribution in [2.24, 2.45) is 5.73 Å². The van der Waals surface area contributed by atoms with Crippen molar-refractivity contribution in [3.05, 3.63) is 35.4 Å². The van der Waals surface area contributed by atoms with Crippen LogP contribution in [0, 0.1) is 11.8 Å². The molecule has 0 spiro atoms. The average molecular weight is 256 g/mol. The second-order valence-corrected chi connectivity index (χ2v) is 3.35. The molecule has 0 atom stereocenters. The molecule has 0 aliphatic heterocycles. The summed E-state index contributed by atoms with van der Waals surface area (Å²) >= 11 is 0. The van der Waals surface area contributed by atoms with Gasteiger partial charge in [0.2, 0.25) is 0 Å². The van der Waals surface area contributed by atoms with Gasteiger partial charge in [-0.1, -0.05) is 24.0 Å². The second-order valence-electron chi connectivity index (χ2n) is 3.35. The number of carbonyl (C=O) groups excluding carboxylic acids is 1. The molecule has 1 rings (SSSR count). The molecule has 3 N–H and O–H groups in total. The number of hydrogen-bond donors (Lipinski definition) is 2. The van der Waals surface area contributed by atoms with E-state index in [9.17, 15) is 18.0 Å². The Labute approximate surface area is 102 Å². The fourth-order valence-electron chi connectivity index (χ4n) is 1.21. The van der Waals surface area contributed by atoms with Crippen molar-refractivity contribution >= 4 is 5.91 Å². The molecule has 96 valence electrons. The van der Waals surface area contributed by atoms with Gasteiger partial charge in [-0.3, -0.25) is 4.79 Å². The average Bonchev–Trinajstić information content (AvgIpc) is 2.33. The molecule has 0 heterocycles. The van der Waals surface area contributed by atoms with Gasteiger partial charge < -0.3 is 11.1 Å².